The summed E-state index contributed by atoms with van der Waals surface area (Å²) in [6.07, 6.45) is 0.00271. The van der Waals surface area contributed by atoms with Crippen molar-refractivity contribution in [2.24, 2.45) is 0 Å². The van der Waals surface area contributed by atoms with Crippen LogP contribution >= 0.6 is 0 Å². The number of urea groups is 1. The fourth-order valence-corrected chi connectivity index (χ4v) is 1.88. The van der Waals surface area contributed by atoms with Crippen molar-refractivity contribution in [2.45, 2.75) is 24.9 Å². The van der Waals surface area contributed by atoms with Gasteiger partial charge in [0.2, 0.25) is 0 Å². The fourth-order valence-electron chi connectivity index (χ4n) is 1.88. The molecule has 0 radical (unpaired) electrons. The Morgan fingerprint density at radius 3 is 2.25 bits per heavy atom. The predicted octanol–water partition coefficient (Wildman–Crippen LogP) is 0.552. The average Bonchev–Trinajstić information content (AvgIpc) is 2.56. The van der Waals surface area contributed by atoms with Crippen molar-refractivity contribution in [1.29, 1.82) is 0 Å². The third kappa shape index (κ3) is 5.95. The Balaban J connectivity index is 2.72. The molecule has 0 saturated carbocycles. The van der Waals surface area contributed by atoms with Gasteiger partial charge in [0.1, 0.15) is 12.0 Å². The zero-order chi connectivity index (χ0) is 18.1. The first-order chi connectivity index (χ1) is 11.4. The number of benzene rings is 1. The molecule has 24 heavy (non-hydrogen) atoms. The van der Waals surface area contributed by atoms with Crippen LogP contribution in [0.4, 0.5) is 4.79 Å². The Morgan fingerprint density at radius 1 is 1.17 bits per heavy atom. The predicted molar refractivity (Wildman–Crippen MR) is 81.8 cm³/mol. The van der Waals surface area contributed by atoms with Gasteiger partial charge >= 0.3 is 18.0 Å². The van der Waals surface area contributed by atoms with E-state index < -0.39 is 30.1 Å². The van der Waals surface area contributed by atoms with Crippen LogP contribution in [0.5, 0.6) is 5.75 Å². The molecule has 0 aliphatic rings. The first-order valence-electron chi connectivity index (χ1n) is 6.98. The second-order valence-electron chi connectivity index (χ2n) is 4.84. The minimum Gasteiger partial charge on any atom is -0.497 e. The average molecular weight is 338 g/mol. The number of carbonyl (C=O) groups is 4. The molecular weight excluding hydrogens is 320 g/mol. The lowest BCUT2D eigenvalue weighted by molar-refractivity contribution is -0.139. The van der Waals surface area contributed by atoms with Crippen LogP contribution in [0.25, 0.3) is 0 Å². The summed E-state index contributed by atoms with van der Waals surface area (Å²) in [7, 11) is 1.46. The maximum Gasteiger partial charge on any atom is 0.330 e. The minimum atomic E-state index is -1.33. The summed E-state index contributed by atoms with van der Waals surface area (Å²) in [5, 5.41) is 22.3. The van der Waals surface area contributed by atoms with Crippen LogP contribution in [0.2, 0.25) is 0 Å². The van der Waals surface area contributed by atoms with Gasteiger partial charge in [0.05, 0.1) is 13.2 Å². The summed E-state index contributed by atoms with van der Waals surface area (Å²) in [6.45, 7) is 0. The number of rotatable bonds is 9. The molecule has 2 amide bonds. The molecule has 1 aromatic carbocycles. The molecule has 0 aliphatic heterocycles. The van der Waals surface area contributed by atoms with E-state index >= 15 is 0 Å². The molecular formula is C15H18N2O7. The SMILES string of the molecule is COc1ccc([C@H](NC(=O)N[C@H](C=O)CCC(=O)O)C(=O)O)cc1. The largest absolute Gasteiger partial charge is 0.497 e. The smallest absolute Gasteiger partial charge is 0.330 e. The quantitative estimate of drug-likeness (QED) is 0.482. The highest BCUT2D eigenvalue weighted by Gasteiger charge is 2.23. The number of carboxylic acid groups (broad SMARTS) is 2. The number of amides is 2. The van der Waals surface area contributed by atoms with Crippen LogP contribution in [-0.4, -0.2) is 47.6 Å². The van der Waals surface area contributed by atoms with Gasteiger partial charge in [0.15, 0.2) is 6.04 Å². The molecule has 1 rings (SSSR count). The van der Waals surface area contributed by atoms with Gasteiger partial charge in [0.25, 0.3) is 0 Å². The van der Waals surface area contributed by atoms with E-state index in [2.05, 4.69) is 10.6 Å². The summed E-state index contributed by atoms with van der Waals surface area (Å²) in [5.41, 5.74) is 0.312. The highest BCUT2D eigenvalue weighted by atomic mass is 16.5. The number of methoxy groups -OCH3 is 1. The molecule has 130 valence electrons. The summed E-state index contributed by atoms with van der Waals surface area (Å²) in [5.74, 6) is -1.86. The van der Waals surface area contributed by atoms with Gasteiger partial charge in [-0.05, 0) is 24.1 Å². The summed E-state index contributed by atoms with van der Waals surface area (Å²) < 4.78 is 4.97. The molecule has 0 heterocycles. The van der Waals surface area contributed by atoms with Crippen molar-refractivity contribution < 1.29 is 34.1 Å². The van der Waals surface area contributed by atoms with Gasteiger partial charge in [-0.25, -0.2) is 9.59 Å². The summed E-state index contributed by atoms with van der Waals surface area (Å²) >= 11 is 0. The van der Waals surface area contributed by atoms with Gasteiger partial charge in [0, 0.05) is 6.42 Å². The molecule has 2 atom stereocenters. The van der Waals surface area contributed by atoms with Gasteiger partial charge in [-0.2, -0.15) is 0 Å². The minimum absolute atomic E-state index is 0.0907. The Bertz CT molecular complexity index is 600. The Morgan fingerprint density at radius 2 is 1.79 bits per heavy atom. The van der Waals surface area contributed by atoms with E-state index in [4.69, 9.17) is 9.84 Å². The molecule has 4 N–H and O–H groups in total. The van der Waals surface area contributed by atoms with Crippen LogP contribution in [0, 0.1) is 0 Å². The number of nitrogens with one attached hydrogen (secondary N) is 2. The van der Waals surface area contributed by atoms with E-state index in [0.29, 0.717) is 17.6 Å². The van der Waals surface area contributed by atoms with Crippen LogP contribution in [0.1, 0.15) is 24.4 Å². The molecule has 1 aromatic rings. The molecule has 0 saturated heterocycles. The van der Waals surface area contributed by atoms with Gasteiger partial charge in [-0.3, -0.25) is 4.79 Å². The Kier molecular flexibility index (Phi) is 7.21. The molecule has 0 fully saturated rings. The third-order valence-corrected chi connectivity index (χ3v) is 3.12. The molecule has 9 nitrogen and oxygen atoms in total. The number of ether oxygens (including phenoxy) is 1. The fraction of sp³-hybridized carbons (Fsp3) is 0.333. The molecule has 0 spiro atoms. The Hall–Kier alpha value is -3.10. The molecule has 9 heteroatoms. The third-order valence-electron chi connectivity index (χ3n) is 3.12. The van der Waals surface area contributed by atoms with E-state index in [1.807, 2.05) is 0 Å². The van der Waals surface area contributed by atoms with Crippen LogP contribution < -0.4 is 15.4 Å². The van der Waals surface area contributed by atoms with Crippen LogP contribution in [0.3, 0.4) is 0 Å². The van der Waals surface area contributed by atoms with Crippen molar-refractivity contribution in [3.8, 4) is 5.75 Å². The number of hydrogen-bond donors (Lipinski definition) is 4. The second-order valence-corrected chi connectivity index (χ2v) is 4.84. The zero-order valence-corrected chi connectivity index (χ0v) is 12.9. The van der Waals surface area contributed by atoms with Gasteiger partial charge < -0.3 is 30.4 Å². The number of hydrogen-bond acceptors (Lipinski definition) is 5. The molecule has 0 aliphatic carbocycles. The standard InChI is InChI=1S/C15H18N2O7/c1-24-11-5-2-9(3-6-11)13(14(21)22)17-15(23)16-10(8-18)4-7-12(19)20/h2-3,5-6,8,10,13H,4,7H2,1H3,(H,19,20)(H,21,22)(H2,16,17,23)/t10-,13-/m0/s1. The van der Waals surface area contributed by atoms with Gasteiger partial charge in [-0.15, -0.1) is 0 Å². The van der Waals surface area contributed by atoms with Crippen molar-refractivity contribution >= 4 is 24.3 Å². The van der Waals surface area contributed by atoms with E-state index in [1.54, 1.807) is 12.1 Å². The van der Waals surface area contributed by atoms with E-state index in [9.17, 15) is 24.3 Å². The lowest BCUT2D eigenvalue weighted by Crippen LogP contribution is -2.46. The van der Waals surface area contributed by atoms with Crippen molar-refractivity contribution in [1.82, 2.24) is 10.6 Å². The summed E-state index contributed by atoms with van der Waals surface area (Å²) in [4.78, 5) is 44.5. The number of carboxylic acids is 2. The highest BCUT2D eigenvalue weighted by Crippen LogP contribution is 2.18. The van der Waals surface area contributed by atoms with Crippen LogP contribution in [-0.2, 0) is 14.4 Å². The number of carbonyl (C=O) groups excluding carboxylic acids is 2. The van der Waals surface area contributed by atoms with Crippen molar-refractivity contribution in [3.05, 3.63) is 29.8 Å². The number of aldehydes is 1. The normalized spacial score (nSPS) is 12.5. The lowest BCUT2D eigenvalue weighted by atomic mass is 10.1. The maximum atomic E-state index is 11.9. The second kappa shape index (κ2) is 9.13. The van der Waals surface area contributed by atoms with Crippen molar-refractivity contribution in [2.75, 3.05) is 7.11 Å². The van der Waals surface area contributed by atoms with Gasteiger partial charge in [-0.1, -0.05) is 12.1 Å². The number of aliphatic carboxylic acids is 2. The Labute approximate surface area is 137 Å². The molecule has 0 aromatic heterocycles. The molecule has 0 bridgehead atoms. The maximum absolute atomic E-state index is 11.9. The lowest BCUT2D eigenvalue weighted by Gasteiger charge is -2.18. The zero-order valence-electron chi connectivity index (χ0n) is 12.9. The summed E-state index contributed by atoms with van der Waals surface area (Å²) in [6, 6.07) is 2.83. The van der Waals surface area contributed by atoms with E-state index in [-0.39, 0.29) is 12.8 Å². The topological polar surface area (TPSA) is 142 Å². The van der Waals surface area contributed by atoms with E-state index in [1.165, 1.54) is 19.2 Å². The first-order valence-corrected chi connectivity index (χ1v) is 6.98. The first kappa shape index (κ1) is 18.9. The monoisotopic (exact) mass is 338 g/mol. The van der Waals surface area contributed by atoms with Crippen molar-refractivity contribution in [3.63, 3.8) is 0 Å². The highest BCUT2D eigenvalue weighted by molar-refractivity contribution is 5.85. The van der Waals surface area contributed by atoms with Crippen LogP contribution in [0.15, 0.2) is 24.3 Å². The molecule has 0 unspecified atom stereocenters. The van der Waals surface area contributed by atoms with E-state index in [0.717, 1.165) is 0 Å².